The molecular weight excluding hydrogens is 430 g/mol. The predicted molar refractivity (Wildman–Crippen MR) is 140 cm³/mol. The van der Waals surface area contributed by atoms with Crippen molar-refractivity contribution in [2.75, 3.05) is 4.90 Å². The lowest BCUT2D eigenvalue weighted by atomic mass is 9.74. The minimum Gasteiger partial charge on any atom is -0.274 e. The Kier molecular flexibility index (Phi) is 5.54. The highest BCUT2D eigenvalue weighted by atomic mass is 16.2. The van der Waals surface area contributed by atoms with Crippen molar-refractivity contribution < 1.29 is 9.59 Å². The second-order valence-corrected chi connectivity index (χ2v) is 9.59. The summed E-state index contributed by atoms with van der Waals surface area (Å²) < 4.78 is 0. The molecule has 2 unspecified atom stereocenters. The Bertz CT molecular complexity index is 1280. The van der Waals surface area contributed by atoms with Crippen molar-refractivity contribution in [1.29, 1.82) is 0 Å². The maximum absolute atomic E-state index is 13.5. The highest BCUT2D eigenvalue weighted by molar-refractivity contribution is 6.22. The van der Waals surface area contributed by atoms with Gasteiger partial charge in [0.1, 0.15) is 0 Å². The standard InChI is InChI=1S/C32H27NO2/c34-31-29-20-26-18-24(22-10-4-1-5-11-22)16-17-25(23-12-6-2-7-13-23)19-27(26)21-30(29)32(35)33(31)28-14-8-3-9-15-28/h1-15,18-19,29-30H,16-17,20-21H2/b24-18+,25-19+. The van der Waals surface area contributed by atoms with Crippen LogP contribution < -0.4 is 4.90 Å². The molecule has 0 radical (unpaired) electrons. The monoisotopic (exact) mass is 457 g/mol. The van der Waals surface area contributed by atoms with Gasteiger partial charge in [0.2, 0.25) is 11.8 Å². The van der Waals surface area contributed by atoms with Crippen molar-refractivity contribution in [3.05, 3.63) is 125 Å². The number of benzene rings is 3. The molecule has 1 saturated heterocycles. The summed E-state index contributed by atoms with van der Waals surface area (Å²) in [5.74, 6) is -0.742. The number of rotatable bonds is 3. The number of allylic oxidation sites excluding steroid dienone is 6. The van der Waals surface area contributed by atoms with Gasteiger partial charge in [-0.15, -0.1) is 0 Å². The summed E-state index contributed by atoms with van der Waals surface area (Å²) in [4.78, 5) is 28.3. The number of imide groups is 1. The van der Waals surface area contributed by atoms with E-state index in [9.17, 15) is 9.59 Å². The van der Waals surface area contributed by atoms with E-state index in [4.69, 9.17) is 0 Å². The second kappa shape index (κ2) is 8.99. The number of hydrogen-bond donors (Lipinski definition) is 0. The molecule has 2 aliphatic carbocycles. The van der Waals surface area contributed by atoms with Crippen LogP contribution in [0, 0.1) is 11.8 Å². The van der Waals surface area contributed by atoms with Crippen LogP contribution >= 0.6 is 0 Å². The van der Waals surface area contributed by atoms with E-state index < -0.39 is 0 Å². The van der Waals surface area contributed by atoms with Crippen molar-refractivity contribution in [3.8, 4) is 0 Å². The van der Waals surface area contributed by atoms with Gasteiger partial charge in [-0.1, -0.05) is 91.0 Å². The number of fused-ring (bicyclic) bond motifs is 1. The molecule has 1 aliphatic heterocycles. The lowest BCUT2D eigenvalue weighted by molar-refractivity contribution is -0.122. The normalized spacial score (nSPS) is 25.1. The van der Waals surface area contributed by atoms with E-state index in [1.54, 1.807) is 0 Å². The summed E-state index contributed by atoms with van der Waals surface area (Å²) in [7, 11) is 0. The number of hydrogen-bond acceptors (Lipinski definition) is 2. The van der Waals surface area contributed by atoms with E-state index in [1.165, 1.54) is 38.3 Å². The molecule has 3 aliphatic rings. The van der Waals surface area contributed by atoms with Gasteiger partial charge in [0, 0.05) is 0 Å². The molecule has 1 heterocycles. The summed E-state index contributed by atoms with van der Waals surface area (Å²) >= 11 is 0. The Balaban J connectivity index is 1.43. The van der Waals surface area contributed by atoms with Gasteiger partial charge in [-0.3, -0.25) is 14.5 Å². The molecule has 2 atom stereocenters. The third kappa shape index (κ3) is 3.97. The molecule has 1 fully saturated rings. The first kappa shape index (κ1) is 21.5. The van der Waals surface area contributed by atoms with Crippen LogP contribution in [-0.4, -0.2) is 11.8 Å². The summed E-state index contributed by atoms with van der Waals surface area (Å²) in [6.07, 6.45) is 7.65. The first-order valence-electron chi connectivity index (χ1n) is 12.4. The number of carbonyl (C=O) groups is 2. The first-order valence-corrected chi connectivity index (χ1v) is 12.4. The quantitative estimate of drug-likeness (QED) is 0.404. The molecule has 0 spiro atoms. The van der Waals surface area contributed by atoms with Crippen molar-refractivity contribution in [2.24, 2.45) is 11.8 Å². The largest absolute Gasteiger partial charge is 0.274 e. The second-order valence-electron chi connectivity index (χ2n) is 9.59. The Morgan fingerprint density at radius 3 is 1.37 bits per heavy atom. The zero-order valence-electron chi connectivity index (χ0n) is 19.6. The molecule has 0 aromatic heterocycles. The van der Waals surface area contributed by atoms with E-state index in [0.717, 1.165) is 12.8 Å². The highest BCUT2D eigenvalue weighted by Gasteiger charge is 2.50. The molecular formula is C32H27NO2. The first-order chi connectivity index (χ1) is 17.2. The lowest BCUT2D eigenvalue weighted by Crippen LogP contribution is -2.30. The van der Waals surface area contributed by atoms with Crippen LogP contribution in [0.25, 0.3) is 11.1 Å². The molecule has 0 bridgehead atoms. The van der Waals surface area contributed by atoms with Gasteiger partial charge in [-0.05, 0) is 71.2 Å². The van der Waals surface area contributed by atoms with Crippen molar-refractivity contribution >= 4 is 28.6 Å². The maximum Gasteiger partial charge on any atom is 0.238 e. The van der Waals surface area contributed by atoms with Gasteiger partial charge in [-0.25, -0.2) is 0 Å². The molecule has 3 aromatic rings. The molecule has 3 aromatic carbocycles. The molecule has 0 saturated carbocycles. The third-order valence-corrected chi connectivity index (χ3v) is 7.52. The van der Waals surface area contributed by atoms with Gasteiger partial charge < -0.3 is 0 Å². The van der Waals surface area contributed by atoms with E-state index >= 15 is 0 Å². The fourth-order valence-electron chi connectivity index (χ4n) is 5.71. The average molecular weight is 458 g/mol. The van der Waals surface area contributed by atoms with Crippen LogP contribution in [0.5, 0.6) is 0 Å². The zero-order chi connectivity index (χ0) is 23.8. The molecule has 172 valence electrons. The number of carbonyl (C=O) groups excluding carboxylic acids is 2. The van der Waals surface area contributed by atoms with Gasteiger partial charge in [0.15, 0.2) is 0 Å². The van der Waals surface area contributed by atoms with E-state index in [0.29, 0.717) is 18.5 Å². The van der Waals surface area contributed by atoms with Gasteiger partial charge in [-0.2, -0.15) is 0 Å². The summed E-state index contributed by atoms with van der Waals surface area (Å²) in [6.45, 7) is 0. The predicted octanol–water partition coefficient (Wildman–Crippen LogP) is 6.84. The van der Waals surface area contributed by atoms with E-state index in [2.05, 4.69) is 60.7 Å². The number of para-hydroxylation sites is 1. The molecule has 6 rings (SSSR count). The Morgan fingerprint density at radius 2 is 0.943 bits per heavy atom. The molecule has 3 heteroatoms. The van der Waals surface area contributed by atoms with Crippen LogP contribution in [0.15, 0.2) is 114 Å². The topological polar surface area (TPSA) is 37.4 Å². The van der Waals surface area contributed by atoms with Crippen LogP contribution in [0.1, 0.15) is 36.8 Å². The number of anilines is 1. The van der Waals surface area contributed by atoms with Gasteiger partial charge in [0.25, 0.3) is 0 Å². The van der Waals surface area contributed by atoms with Crippen LogP contribution in [0.4, 0.5) is 5.69 Å². The van der Waals surface area contributed by atoms with Crippen LogP contribution in [0.2, 0.25) is 0 Å². The van der Waals surface area contributed by atoms with Crippen molar-refractivity contribution in [3.63, 3.8) is 0 Å². The fraction of sp³-hybridized carbons (Fsp3) is 0.188. The van der Waals surface area contributed by atoms with Crippen LogP contribution in [-0.2, 0) is 9.59 Å². The maximum atomic E-state index is 13.5. The Labute approximate surface area is 206 Å². The molecule has 35 heavy (non-hydrogen) atoms. The number of amides is 2. The zero-order valence-corrected chi connectivity index (χ0v) is 19.6. The average Bonchev–Trinajstić information content (AvgIpc) is 3.14. The minimum atomic E-state index is -0.303. The Hall–Kier alpha value is -3.98. The molecule has 2 amide bonds. The SMILES string of the molecule is O=C1C2CC3=C(/C=C(/c4ccccc4)CC/C(c4ccccc4)=C\3)CC2C(=O)N1c1ccccc1. The molecule has 3 nitrogen and oxygen atoms in total. The molecule has 0 N–H and O–H groups in total. The van der Waals surface area contributed by atoms with E-state index in [-0.39, 0.29) is 23.7 Å². The highest BCUT2D eigenvalue weighted by Crippen LogP contribution is 2.45. The lowest BCUT2D eigenvalue weighted by Gasteiger charge is -2.27. The van der Waals surface area contributed by atoms with E-state index in [1.807, 2.05) is 42.5 Å². The fourth-order valence-corrected chi connectivity index (χ4v) is 5.71. The third-order valence-electron chi connectivity index (χ3n) is 7.52. The van der Waals surface area contributed by atoms with Gasteiger partial charge in [0.05, 0.1) is 17.5 Å². The van der Waals surface area contributed by atoms with Gasteiger partial charge >= 0.3 is 0 Å². The summed E-state index contributed by atoms with van der Waals surface area (Å²) in [5.41, 5.74) is 8.06. The minimum absolute atomic E-state index is 0.0678. The summed E-state index contributed by atoms with van der Waals surface area (Å²) in [5, 5.41) is 0. The number of nitrogens with zero attached hydrogens (tertiary/aromatic N) is 1. The summed E-state index contributed by atoms with van der Waals surface area (Å²) in [6, 6.07) is 30.4. The smallest absolute Gasteiger partial charge is 0.238 e. The van der Waals surface area contributed by atoms with Crippen molar-refractivity contribution in [1.82, 2.24) is 0 Å². The van der Waals surface area contributed by atoms with Crippen molar-refractivity contribution in [2.45, 2.75) is 25.7 Å². The van der Waals surface area contributed by atoms with Crippen LogP contribution in [0.3, 0.4) is 0 Å². The Morgan fingerprint density at radius 1 is 0.543 bits per heavy atom.